The van der Waals surface area contributed by atoms with Crippen LogP contribution in [0.4, 0.5) is 0 Å². The number of amides is 1. The highest BCUT2D eigenvalue weighted by Gasteiger charge is 2.53. The molecule has 6 nitrogen and oxygen atoms in total. The fourth-order valence-electron chi connectivity index (χ4n) is 4.48. The van der Waals surface area contributed by atoms with Crippen LogP contribution in [0.25, 0.3) is 0 Å². The van der Waals surface area contributed by atoms with Gasteiger partial charge in [-0.3, -0.25) is 4.79 Å². The van der Waals surface area contributed by atoms with E-state index < -0.39 is 11.1 Å². The summed E-state index contributed by atoms with van der Waals surface area (Å²) in [6, 6.07) is 19.4. The molecule has 35 heavy (non-hydrogen) atoms. The predicted molar refractivity (Wildman–Crippen MR) is 144 cm³/mol. The molecule has 1 N–H and O–H groups in total. The quantitative estimate of drug-likeness (QED) is 0.414. The highest BCUT2D eigenvalue weighted by Crippen LogP contribution is 2.49. The highest BCUT2D eigenvalue weighted by molar-refractivity contribution is 9.10. The van der Waals surface area contributed by atoms with Crippen molar-refractivity contribution in [2.24, 2.45) is 10.9 Å². The molecule has 2 aliphatic heterocycles. The maximum Gasteiger partial charge on any atom is 0.257 e. The van der Waals surface area contributed by atoms with Crippen LogP contribution in [0.15, 0.2) is 75.6 Å². The van der Waals surface area contributed by atoms with Crippen LogP contribution in [0.1, 0.15) is 34.3 Å². The molecule has 0 bridgehead atoms. The first-order valence-electron chi connectivity index (χ1n) is 11.4. The summed E-state index contributed by atoms with van der Waals surface area (Å²) in [7, 11) is 0. The molecule has 182 valence electrons. The number of aromatic nitrogens is 1. The van der Waals surface area contributed by atoms with Crippen LogP contribution in [0.2, 0.25) is 0 Å². The molecule has 0 spiro atoms. The molecule has 5 rings (SSSR count). The summed E-state index contributed by atoms with van der Waals surface area (Å²) < 4.78 is 13.3. The number of amidine groups is 1. The summed E-state index contributed by atoms with van der Waals surface area (Å²) in [6.45, 7) is 3.55. The van der Waals surface area contributed by atoms with Crippen molar-refractivity contribution >= 4 is 50.1 Å². The van der Waals surface area contributed by atoms with Crippen molar-refractivity contribution in [2.45, 2.75) is 31.1 Å². The van der Waals surface area contributed by atoms with Gasteiger partial charge in [0, 0.05) is 22.6 Å². The number of nitrogens with one attached hydrogen (secondary N) is 1. The van der Waals surface area contributed by atoms with Gasteiger partial charge < -0.3 is 14.8 Å². The van der Waals surface area contributed by atoms with Gasteiger partial charge in [0.15, 0.2) is 5.17 Å². The first-order valence-corrected chi connectivity index (χ1v) is 14.1. The summed E-state index contributed by atoms with van der Waals surface area (Å²) in [5, 5.41) is 6.47. The summed E-state index contributed by atoms with van der Waals surface area (Å²) >= 11 is 6.64. The average molecular weight is 573 g/mol. The van der Waals surface area contributed by atoms with Crippen LogP contribution in [-0.2, 0) is 21.6 Å². The van der Waals surface area contributed by atoms with E-state index in [-0.39, 0.29) is 11.8 Å². The highest BCUT2D eigenvalue weighted by atomic mass is 79.9. The summed E-state index contributed by atoms with van der Waals surface area (Å²) in [4.78, 5) is 22.6. The van der Waals surface area contributed by atoms with Gasteiger partial charge in [-0.15, -0.1) is 11.3 Å². The second-order valence-electron chi connectivity index (χ2n) is 9.07. The number of aliphatic imine (C=N–C) groups is 1. The minimum absolute atomic E-state index is 0.165. The fraction of sp³-hybridized carbons (Fsp3) is 0.346. The van der Waals surface area contributed by atoms with Gasteiger partial charge in [-0.1, -0.05) is 60.3 Å². The molecule has 0 saturated carbocycles. The lowest BCUT2D eigenvalue weighted by Crippen LogP contribution is -2.55. The number of benzene rings is 2. The fourth-order valence-corrected chi connectivity index (χ4v) is 7.09. The molecule has 1 amide bonds. The van der Waals surface area contributed by atoms with Crippen LogP contribution in [0, 0.1) is 5.92 Å². The van der Waals surface area contributed by atoms with Gasteiger partial charge in [0.2, 0.25) is 0 Å². The average Bonchev–Trinajstić information content (AvgIpc) is 3.32. The minimum atomic E-state index is -0.639. The molecule has 3 heterocycles. The Bertz CT molecular complexity index is 1210. The molecule has 0 aliphatic carbocycles. The standard InChI is InChI=1S/C26H26BrN3O3S2/c1-25(16-32-13-18-8-4-2-5-9-18)12-20-14-35-24(29-22(31)19-10-6-3-7-11-19)30-26(20,17-33-25)23-28-21(27)15-34-23/h2-11,15,20H,12-14,16-17H2,1H3,(H,29,30,31)/t20-,25-,26-/m0/s1. The van der Waals surface area contributed by atoms with E-state index >= 15 is 0 Å². The Balaban J connectivity index is 1.34. The second kappa shape index (κ2) is 10.5. The van der Waals surface area contributed by atoms with Crippen molar-refractivity contribution < 1.29 is 14.3 Å². The molecule has 3 atom stereocenters. The van der Waals surface area contributed by atoms with E-state index in [0.717, 1.165) is 27.3 Å². The molecular weight excluding hydrogens is 546 g/mol. The van der Waals surface area contributed by atoms with Gasteiger partial charge >= 0.3 is 0 Å². The lowest BCUT2D eigenvalue weighted by molar-refractivity contribution is -0.154. The van der Waals surface area contributed by atoms with Crippen LogP contribution in [0.3, 0.4) is 0 Å². The van der Waals surface area contributed by atoms with E-state index in [2.05, 4.69) is 40.3 Å². The Morgan fingerprint density at radius 3 is 2.66 bits per heavy atom. The van der Waals surface area contributed by atoms with E-state index in [4.69, 9.17) is 19.5 Å². The van der Waals surface area contributed by atoms with Crippen LogP contribution >= 0.6 is 39.0 Å². The van der Waals surface area contributed by atoms with Crippen LogP contribution in [-0.4, -0.2) is 40.6 Å². The lowest BCUT2D eigenvalue weighted by atomic mass is 9.76. The van der Waals surface area contributed by atoms with Crippen LogP contribution in [0.5, 0.6) is 0 Å². The normalized spacial score (nSPS) is 26.0. The zero-order valence-corrected chi connectivity index (χ0v) is 22.5. The summed E-state index contributed by atoms with van der Waals surface area (Å²) in [5.74, 6) is 0.839. The number of thioether (sulfide) groups is 1. The number of ether oxygens (including phenoxy) is 2. The maximum absolute atomic E-state index is 12.8. The molecule has 0 unspecified atom stereocenters. The number of nitrogens with zero attached hydrogens (tertiary/aromatic N) is 2. The number of hydrogen-bond acceptors (Lipinski definition) is 7. The SMILES string of the molecule is C[C@@]1(COCc2ccccc2)C[C@H]2CSC(NC(=O)c3ccccc3)=N[C@@]2(c2nc(Br)cs2)CO1. The molecule has 2 aromatic carbocycles. The van der Waals surface area contributed by atoms with Crippen molar-refractivity contribution in [1.82, 2.24) is 10.3 Å². The Morgan fingerprint density at radius 2 is 1.94 bits per heavy atom. The second-order valence-corrected chi connectivity index (χ2v) is 11.7. The number of halogens is 1. The number of thiazole rings is 1. The maximum atomic E-state index is 12.8. The van der Waals surface area contributed by atoms with Gasteiger partial charge in [-0.05, 0) is 47.0 Å². The molecule has 3 aromatic rings. The van der Waals surface area contributed by atoms with E-state index in [0.29, 0.717) is 30.6 Å². The van der Waals surface area contributed by atoms with E-state index in [1.54, 1.807) is 35.2 Å². The number of hydrogen-bond donors (Lipinski definition) is 1. The number of carbonyl (C=O) groups excluding carboxylic acids is 1. The van der Waals surface area contributed by atoms with Gasteiger partial charge in [0.1, 0.15) is 15.1 Å². The van der Waals surface area contributed by atoms with Gasteiger partial charge in [-0.2, -0.15) is 0 Å². The molecular formula is C26H26BrN3O3S2. The molecule has 2 aliphatic rings. The Labute approximate surface area is 221 Å². The molecule has 1 fully saturated rings. The molecule has 9 heteroatoms. The van der Waals surface area contributed by atoms with Crippen molar-refractivity contribution in [3.8, 4) is 0 Å². The molecule has 1 aromatic heterocycles. The number of fused-ring (bicyclic) bond motifs is 1. The number of carbonyl (C=O) groups is 1. The Morgan fingerprint density at radius 1 is 1.20 bits per heavy atom. The lowest BCUT2D eigenvalue weighted by Gasteiger charge is -2.49. The zero-order valence-electron chi connectivity index (χ0n) is 19.3. The van der Waals surface area contributed by atoms with E-state index in [9.17, 15) is 4.79 Å². The van der Waals surface area contributed by atoms with Gasteiger partial charge in [-0.25, -0.2) is 9.98 Å². The Kier molecular flexibility index (Phi) is 7.41. The number of rotatable bonds is 6. The van der Waals surface area contributed by atoms with Crippen molar-refractivity contribution in [1.29, 1.82) is 0 Å². The molecule has 1 saturated heterocycles. The smallest absolute Gasteiger partial charge is 0.257 e. The van der Waals surface area contributed by atoms with Crippen molar-refractivity contribution in [3.63, 3.8) is 0 Å². The van der Waals surface area contributed by atoms with Crippen molar-refractivity contribution in [3.05, 3.63) is 86.8 Å². The largest absolute Gasteiger partial charge is 0.374 e. The monoisotopic (exact) mass is 571 g/mol. The van der Waals surface area contributed by atoms with E-state index in [1.165, 1.54) is 0 Å². The Hall–Kier alpha value is -2.04. The summed E-state index contributed by atoms with van der Waals surface area (Å²) in [5.41, 5.74) is 0.691. The van der Waals surface area contributed by atoms with Gasteiger partial charge in [0.25, 0.3) is 5.91 Å². The first-order chi connectivity index (χ1) is 17.0. The minimum Gasteiger partial charge on any atom is -0.374 e. The first kappa shape index (κ1) is 24.6. The third-order valence-electron chi connectivity index (χ3n) is 6.34. The molecule has 0 radical (unpaired) electrons. The van der Waals surface area contributed by atoms with Crippen LogP contribution < -0.4 is 5.32 Å². The predicted octanol–water partition coefficient (Wildman–Crippen LogP) is 5.65. The van der Waals surface area contributed by atoms with Gasteiger partial charge in [0.05, 0.1) is 25.4 Å². The van der Waals surface area contributed by atoms with E-state index in [1.807, 2.05) is 41.8 Å². The summed E-state index contributed by atoms with van der Waals surface area (Å²) in [6.07, 6.45) is 0.787. The van der Waals surface area contributed by atoms with Crippen molar-refractivity contribution in [2.75, 3.05) is 19.0 Å². The third kappa shape index (κ3) is 5.54. The zero-order chi connectivity index (χ0) is 24.3. The topological polar surface area (TPSA) is 72.8 Å². The third-order valence-corrected chi connectivity index (χ3v) is 9.09.